The van der Waals surface area contributed by atoms with Gasteiger partial charge in [0, 0.05) is 59.4 Å². The zero-order chi connectivity index (χ0) is 17.5. The minimum Gasteiger partial charge on any atom is -0.381 e. The monoisotopic (exact) mass is 467 g/mol. The van der Waals surface area contributed by atoms with Gasteiger partial charge < -0.3 is 25.2 Å². The number of halogens is 1. The summed E-state index contributed by atoms with van der Waals surface area (Å²) in [7, 11) is 5.26. The van der Waals surface area contributed by atoms with Gasteiger partial charge in [0.1, 0.15) is 6.54 Å². The minimum absolute atomic E-state index is 0. The molecule has 25 heavy (non-hydrogen) atoms. The zero-order valence-corrected chi connectivity index (χ0v) is 17.6. The Hall–Kier alpha value is -1.10. The Morgan fingerprint density at radius 2 is 1.88 bits per heavy atom. The number of carbonyl (C=O) groups is 2. The van der Waals surface area contributed by atoms with Crippen LogP contribution in [-0.2, 0) is 14.3 Å². The maximum atomic E-state index is 11.8. The molecule has 0 radical (unpaired) electrons. The van der Waals surface area contributed by atoms with Crippen molar-refractivity contribution in [2.75, 3.05) is 47.4 Å². The fraction of sp³-hybridized carbons (Fsp3) is 0.812. The molecule has 2 N–H and O–H groups in total. The topological polar surface area (TPSA) is 86.3 Å². The van der Waals surface area contributed by atoms with Gasteiger partial charge in [0.25, 0.3) is 0 Å². The van der Waals surface area contributed by atoms with Crippen LogP contribution >= 0.6 is 24.0 Å². The summed E-state index contributed by atoms with van der Waals surface area (Å²) in [6.07, 6.45) is 3.16. The highest BCUT2D eigenvalue weighted by Crippen LogP contribution is 2.10. The van der Waals surface area contributed by atoms with E-state index in [1.165, 1.54) is 4.90 Å². The van der Waals surface area contributed by atoms with E-state index < -0.39 is 0 Å². The van der Waals surface area contributed by atoms with Crippen LogP contribution in [0.5, 0.6) is 0 Å². The number of ether oxygens (including phenoxy) is 1. The SMILES string of the molecule is CN(C)C(=O)CN=C(NC1CCOCC1)NC1CCC(=O)N(C)C1.I. The van der Waals surface area contributed by atoms with E-state index in [1.807, 2.05) is 7.05 Å². The van der Waals surface area contributed by atoms with Gasteiger partial charge in [0.05, 0.1) is 0 Å². The van der Waals surface area contributed by atoms with Crippen LogP contribution < -0.4 is 10.6 Å². The molecule has 2 heterocycles. The molecule has 1 unspecified atom stereocenters. The van der Waals surface area contributed by atoms with E-state index in [0.29, 0.717) is 25.0 Å². The third-order valence-electron chi connectivity index (χ3n) is 4.40. The zero-order valence-electron chi connectivity index (χ0n) is 15.3. The van der Waals surface area contributed by atoms with Gasteiger partial charge in [-0.25, -0.2) is 4.99 Å². The van der Waals surface area contributed by atoms with Crippen molar-refractivity contribution in [3.63, 3.8) is 0 Å². The predicted octanol–water partition coefficient (Wildman–Crippen LogP) is 0.0276. The van der Waals surface area contributed by atoms with Crippen molar-refractivity contribution in [2.45, 2.75) is 37.8 Å². The first-order valence-corrected chi connectivity index (χ1v) is 8.55. The molecule has 0 spiro atoms. The van der Waals surface area contributed by atoms with Crippen LogP contribution in [0.1, 0.15) is 25.7 Å². The average Bonchev–Trinajstić information content (AvgIpc) is 2.56. The molecule has 0 aromatic heterocycles. The summed E-state index contributed by atoms with van der Waals surface area (Å²) >= 11 is 0. The molecule has 9 heteroatoms. The third-order valence-corrected chi connectivity index (χ3v) is 4.40. The first-order chi connectivity index (χ1) is 11.5. The first kappa shape index (κ1) is 21.9. The van der Waals surface area contributed by atoms with E-state index in [9.17, 15) is 9.59 Å². The van der Waals surface area contributed by atoms with Crippen molar-refractivity contribution in [1.29, 1.82) is 0 Å². The molecule has 0 saturated carbocycles. The minimum atomic E-state index is -0.0426. The number of hydrogen-bond acceptors (Lipinski definition) is 4. The van der Waals surface area contributed by atoms with Crippen LogP contribution in [-0.4, -0.2) is 87.1 Å². The number of hydrogen-bond donors (Lipinski definition) is 2. The molecule has 2 saturated heterocycles. The summed E-state index contributed by atoms with van der Waals surface area (Å²) in [5.74, 6) is 0.774. The van der Waals surface area contributed by atoms with Crippen molar-refractivity contribution >= 4 is 41.8 Å². The molecule has 2 amide bonds. The van der Waals surface area contributed by atoms with Crippen LogP contribution in [0.15, 0.2) is 4.99 Å². The Balaban J connectivity index is 0.00000312. The molecule has 0 aromatic carbocycles. The molecule has 144 valence electrons. The van der Waals surface area contributed by atoms with E-state index in [4.69, 9.17) is 4.74 Å². The highest BCUT2D eigenvalue weighted by molar-refractivity contribution is 14.0. The number of guanidine groups is 1. The summed E-state index contributed by atoms with van der Waals surface area (Å²) in [5.41, 5.74) is 0. The number of aliphatic imine (C=N–C) groups is 1. The smallest absolute Gasteiger partial charge is 0.243 e. The van der Waals surface area contributed by atoms with E-state index in [-0.39, 0.29) is 48.4 Å². The highest BCUT2D eigenvalue weighted by atomic mass is 127. The maximum absolute atomic E-state index is 11.8. The molecule has 2 aliphatic rings. The highest BCUT2D eigenvalue weighted by Gasteiger charge is 2.24. The molecular weight excluding hydrogens is 437 g/mol. The molecule has 8 nitrogen and oxygen atoms in total. The van der Waals surface area contributed by atoms with Gasteiger partial charge in [0.15, 0.2) is 5.96 Å². The van der Waals surface area contributed by atoms with Gasteiger partial charge in [-0.15, -0.1) is 24.0 Å². The Kier molecular flexibility index (Phi) is 9.47. The quantitative estimate of drug-likeness (QED) is 0.346. The number of likely N-dealkylation sites (N-methyl/N-ethyl adjacent to an activating group) is 2. The van der Waals surface area contributed by atoms with Crippen molar-refractivity contribution < 1.29 is 14.3 Å². The first-order valence-electron chi connectivity index (χ1n) is 8.55. The number of carbonyl (C=O) groups excluding carboxylic acids is 2. The molecule has 2 aliphatic heterocycles. The summed E-state index contributed by atoms with van der Waals surface area (Å²) in [4.78, 5) is 31.1. The van der Waals surface area contributed by atoms with E-state index >= 15 is 0 Å². The lowest BCUT2D eigenvalue weighted by molar-refractivity contribution is -0.132. The number of rotatable bonds is 4. The van der Waals surface area contributed by atoms with Gasteiger partial charge in [0.2, 0.25) is 11.8 Å². The largest absolute Gasteiger partial charge is 0.381 e. The molecule has 0 bridgehead atoms. The summed E-state index contributed by atoms with van der Waals surface area (Å²) in [6, 6.07) is 0.440. The molecule has 2 rings (SSSR count). The lowest BCUT2D eigenvalue weighted by Crippen LogP contribution is -2.54. The van der Waals surface area contributed by atoms with Crippen LogP contribution in [0.3, 0.4) is 0 Å². The number of nitrogens with one attached hydrogen (secondary N) is 2. The fourth-order valence-corrected chi connectivity index (χ4v) is 2.78. The third kappa shape index (κ3) is 7.35. The molecule has 0 aliphatic carbocycles. The number of likely N-dealkylation sites (tertiary alicyclic amines) is 1. The fourth-order valence-electron chi connectivity index (χ4n) is 2.78. The summed E-state index contributed by atoms with van der Waals surface area (Å²) in [6.45, 7) is 2.23. The predicted molar refractivity (Wildman–Crippen MR) is 107 cm³/mol. The Bertz CT molecular complexity index is 480. The second kappa shape index (κ2) is 10.8. The van der Waals surface area contributed by atoms with Gasteiger partial charge >= 0.3 is 0 Å². The average molecular weight is 467 g/mol. The van der Waals surface area contributed by atoms with Crippen LogP contribution in [0, 0.1) is 0 Å². The van der Waals surface area contributed by atoms with Crippen molar-refractivity contribution in [3.8, 4) is 0 Å². The molecule has 0 aromatic rings. The van der Waals surface area contributed by atoms with Crippen molar-refractivity contribution in [3.05, 3.63) is 0 Å². The van der Waals surface area contributed by atoms with Crippen molar-refractivity contribution in [2.24, 2.45) is 4.99 Å². The van der Waals surface area contributed by atoms with Crippen LogP contribution in [0.4, 0.5) is 0 Å². The normalized spacial score (nSPS) is 22.2. The second-order valence-corrected chi connectivity index (χ2v) is 6.64. The molecule has 1 atom stereocenters. The second-order valence-electron chi connectivity index (χ2n) is 6.64. The number of piperidine rings is 1. The number of amides is 2. The summed E-state index contributed by atoms with van der Waals surface area (Å²) in [5, 5.41) is 6.79. The Labute approximate surface area is 166 Å². The maximum Gasteiger partial charge on any atom is 0.243 e. The standard InChI is InChI=1S/C16H29N5O3.HI/c1-20(2)15(23)10-17-16(18-12-6-8-24-9-7-12)19-13-4-5-14(22)21(3)11-13;/h12-13H,4-11H2,1-3H3,(H2,17,18,19);1H. The van der Waals surface area contributed by atoms with E-state index in [1.54, 1.807) is 19.0 Å². The van der Waals surface area contributed by atoms with E-state index in [0.717, 1.165) is 32.5 Å². The molecule has 2 fully saturated rings. The molecular formula is C16H30IN5O3. The lowest BCUT2D eigenvalue weighted by atomic mass is 10.1. The van der Waals surface area contributed by atoms with Gasteiger partial charge in [-0.2, -0.15) is 0 Å². The Morgan fingerprint density at radius 1 is 1.24 bits per heavy atom. The van der Waals surface area contributed by atoms with Crippen LogP contribution in [0.2, 0.25) is 0 Å². The lowest BCUT2D eigenvalue weighted by Gasteiger charge is -2.32. The van der Waals surface area contributed by atoms with Gasteiger partial charge in [-0.05, 0) is 19.3 Å². The van der Waals surface area contributed by atoms with Gasteiger partial charge in [-0.3, -0.25) is 9.59 Å². The Morgan fingerprint density at radius 3 is 2.48 bits per heavy atom. The summed E-state index contributed by atoms with van der Waals surface area (Å²) < 4.78 is 5.38. The number of nitrogens with zero attached hydrogens (tertiary/aromatic N) is 3. The van der Waals surface area contributed by atoms with Gasteiger partial charge in [-0.1, -0.05) is 0 Å². The van der Waals surface area contributed by atoms with Crippen LogP contribution in [0.25, 0.3) is 0 Å². The van der Waals surface area contributed by atoms with Crippen molar-refractivity contribution in [1.82, 2.24) is 20.4 Å². The van der Waals surface area contributed by atoms with E-state index in [2.05, 4.69) is 15.6 Å².